The Morgan fingerprint density at radius 1 is 0.571 bits per heavy atom. The average molecular weight is 593 g/mol. The van der Waals surface area contributed by atoms with Crippen LogP contribution in [0.5, 0.6) is 11.5 Å². The van der Waals surface area contributed by atoms with Gasteiger partial charge in [0.1, 0.15) is 17.2 Å². The second-order valence-electron chi connectivity index (χ2n) is 10.2. The summed E-state index contributed by atoms with van der Waals surface area (Å²) in [6.07, 6.45) is 4.37. The maximum absolute atomic E-state index is 6.60. The smallest absolute Gasteiger partial charge is 0.119 e. The van der Waals surface area contributed by atoms with Crippen LogP contribution in [-0.2, 0) is 12.4 Å². The molecule has 214 valence electrons. The zero-order valence-electron chi connectivity index (χ0n) is 24.1. The fourth-order valence-corrected chi connectivity index (χ4v) is 6.14. The minimum absolute atomic E-state index is 0.620. The monoisotopic (exact) mass is 592 g/mol. The summed E-state index contributed by atoms with van der Waals surface area (Å²) in [5.41, 5.74) is 14.5. The van der Waals surface area contributed by atoms with Crippen LogP contribution in [0.25, 0.3) is 43.1 Å². The van der Waals surface area contributed by atoms with Gasteiger partial charge in [-0.3, -0.25) is 0 Å². The van der Waals surface area contributed by atoms with Crippen LogP contribution < -0.4 is 15.2 Å². The molecule has 4 nitrogen and oxygen atoms in total. The van der Waals surface area contributed by atoms with Gasteiger partial charge >= 0.3 is 0 Å². The third-order valence-corrected chi connectivity index (χ3v) is 8.69. The quantitative estimate of drug-likeness (QED) is 0.138. The molecule has 0 amide bonds. The van der Waals surface area contributed by atoms with E-state index in [0.717, 1.165) is 93.5 Å². The van der Waals surface area contributed by atoms with Crippen molar-refractivity contribution in [2.75, 3.05) is 18.9 Å². The molecule has 42 heavy (non-hydrogen) atoms. The van der Waals surface area contributed by atoms with Crippen LogP contribution >= 0.6 is 11.3 Å². The fourth-order valence-electron chi connectivity index (χ4n) is 4.72. The highest BCUT2D eigenvalue weighted by molar-refractivity contribution is 7.47. The standard InChI is InChI=1S/C36H36N2O2S2/c1-3-5-23-39-31-19-15-27(16-20-31)25-7-11-29(12-8-25)35-33(37)34(38-41)36(42-35)30-13-9-26(10-14-30)28-17-21-32(22-18-28)40-24-6-4-2/h7-22H,3-6,23-24,37H2,1-2H3. The molecule has 5 rings (SSSR count). The molecule has 0 spiro atoms. The Kier molecular flexibility index (Phi) is 10.0. The van der Waals surface area contributed by atoms with Gasteiger partial charge < -0.3 is 15.2 Å². The number of rotatable bonds is 13. The summed E-state index contributed by atoms with van der Waals surface area (Å²) in [5, 5.41) is 0. The molecule has 0 aliphatic carbocycles. The van der Waals surface area contributed by atoms with E-state index in [2.05, 4.69) is 91.0 Å². The van der Waals surface area contributed by atoms with Crippen LogP contribution in [0.3, 0.4) is 0 Å². The lowest BCUT2D eigenvalue weighted by molar-refractivity contribution is 0.309. The predicted octanol–water partition coefficient (Wildman–Crippen LogP) is 10.7. The molecule has 1 aromatic heterocycles. The first-order chi connectivity index (χ1) is 20.6. The third kappa shape index (κ3) is 6.89. The van der Waals surface area contributed by atoms with E-state index in [4.69, 9.17) is 27.6 Å². The van der Waals surface area contributed by atoms with Crippen molar-refractivity contribution >= 4 is 35.1 Å². The van der Waals surface area contributed by atoms with Crippen molar-refractivity contribution in [3.8, 4) is 54.6 Å². The molecule has 0 fully saturated rings. The van der Waals surface area contributed by atoms with E-state index in [0.29, 0.717) is 11.4 Å². The maximum atomic E-state index is 6.60. The second-order valence-corrected chi connectivity index (χ2v) is 11.4. The van der Waals surface area contributed by atoms with Crippen LogP contribution in [0.1, 0.15) is 39.5 Å². The lowest BCUT2D eigenvalue weighted by atomic mass is 10.0. The van der Waals surface area contributed by atoms with E-state index in [-0.39, 0.29) is 0 Å². The molecule has 0 radical (unpaired) electrons. The molecular formula is C36H36N2O2S2. The molecule has 0 saturated carbocycles. The number of nitrogens with zero attached hydrogens (tertiary/aromatic N) is 1. The number of ether oxygens (including phenoxy) is 2. The molecule has 1 heterocycles. The normalized spacial score (nSPS) is 10.9. The molecule has 0 atom stereocenters. The van der Waals surface area contributed by atoms with E-state index >= 15 is 0 Å². The Bertz CT molecular complexity index is 1590. The molecule has 5 aromatic rings. The van der Waals surface area contributed by atoms with Gasteiger partial charge in [0, 0.05) is 12.4 Å². The van der Waals surface area contributed by atoms with Gasteiger partial charge in [-0.1, -0.05) is 99.5 Å². The summed E-state index contributed by atoms with van der Waals surface area (Å²) in [6, 6.07) is 33.5. The zero-order chi connectivity index (χ0) is 29.3. The molecule has 0 aliphatic rings. The Labute approximate surface area is 258 Å². The number of nitrogens with two attached hydrogens (primary N) is 1. The highest BCUT2D eigenvalue weighted by Gasteiger charge is 2.18. The molecule has 0 saturated heterocycles. The zero-order valence-corrected chi connectivity index (χ0v) is 25.8. The molecule has 2 N–H and O–H groups in total. The van der Waals surface area contributed by atoms with Crippen molar-refractivity contribution in [1.29, 1.82) is 0 Å². The van der Waals surface area contributed by atoms with Gasteiger partial charge in [-0.2, -0.15) is 4.36 Å². The van der Waals surface area contributed by atoms with E-state index in [9.17, 15) is 0 Å². The summed E-state index contributed by atoms with van der Waals surface area (Å²) >= 11 is 6.79. The van der Waals surface area contributed by atoms with Crippen LogP contribution in [-0.4, -0.2) is 13.2 Å². The van der Waals surface area contributed by atoms with Crippen molar-refractivity contribution in [3.05, 3.63) is 97.1 Å². The topological polar surface area (TPSA) is 56.8 Å². The largest absolute Gasteiger partial charge is 0.494 e. The predicted molar refractivity (Wildman–Crippen MR) is 181 cm³/mol. The van der Waals surface area contributed by atoms with Crippen molar-refractivity contribution in [3.63, 3.8) is 0 Å². The number of nitrogen functional groups attached to an aromatic ring is 1. The molecule has 0 unspecified atom stereocenters. The first-order valence-electron chi connectivity index (χ1n) is 14.5. The van der Waals surface area contributed by atoms with Gasteiger partial charge in [0.05, 0.1) is 28.7 Å². The van der Waals surface area contributed by atoms with Crippen molar-refractivity contribution in [1.82, 2.24) is 0 Å². The van der Waals surface area contributed by atoms with E-state index in [1.165, 1.54) is 0 Å². The Hall–Kier alpha value is -4.00. The summed E-state index contributed by atoms with van der Waals surface area (Å²) in [4.78, 5) is 1.95. The number of anilines is 1. The van der Waals surface area contributed by atoms with E-state index in [1.807, 2.05) is 24.3 Å². The van der Waals surface area contributed by atoms with Crippen molar-refractivity contribution < 1.29 is 9.47 Å². The van der Waals surface area contributed by atoms with Gasteiger partial charge in [-0.25, -0.2) is 0 Å². The molecule has 4 aromatic carbocycles. The average Bonchev–Trinajstić information content (AvgIpc) is 3.38. The molecule has 0 bridgehead atoms. The summed E-state index contributed by atoms with van der Waals surface area (Å²) in [5.74, 6) is 1.81. The Morgan fingerprint density at radius 3 is 1.31 bits per heavy atom. The minimum Gasteiger partial charge on any atom is -0.494 e. The Balaban J connectivity index is 1.32. The minimum atomic E-state index is 0.620. The number of unbranched alkanes of at least 4 members (excludes halogenated alkanes) is 2. The number of hydrogen-bond acceptors (Lipinski definition) is 6. The number of thiophene rings is 1. The highest BCUT2D eigenvalue weighted by atomic mass is 32.1. The SMILES string of the molecule is CCCCOc1ccc(-c2ccc(-c3sc(-c4ccc(-c5ccc(OCCCC)cc5)cc4)c(N=S)c3N)cc2)cc1. The van der Waals surface area contributed by atoms with Crippen molar-refractivity contribution in [2.24, 2.45) is 4.36 Å². The third-order valence-electron chi connectivity index (χ3n) is 7.21. The Morgan fingerprint density at radius 2 is 0.929 bits per heavy atom. The van der Waals surface area contributed by atoms with Gasteiger partial charge in [0.25, 0.3) is 0 Å². The van der Waals surface area contributed by atoms with E-state index in [1.54, 1.807) is 11.3 Å². The second kappa shape index (κ2) is 14.3. The molecular weight excluding hydrogens is 557 g/mol. The first-order valence-corrected chi connectivity index (χ1v) is 15.7. The summed E-state index contributed by atoms with van der Waals surface area (Å²) < 4.78 is 15.8. The van der Waals surface area contributed by atoms with Crippen LogP contribution in [0.15, 0.2) is 101 Å². The molecule has 6 heteroatoms. The first kappa shape index (κ1) is 29.5. The summed E-state index contributed by atoms with van der Waals surface area (Å²) in [6.45, 7) is 5.83. The van der Waals surface area contributed by atoms with Gasteiger partial charge in [0.2, 0.25) is 0 Å². The fraction of sp³-hybridized carbons (Fsp3) is 0.222. The lowest BCUT2D eigenvalue weighted by Gasteiger charge is -2.08. The van der Waals surface area contributed by atoms with E-state index < -0.39 is 0 Å². The summed E-state index contributed by atoms with van der Waals surface area (Å²) in [7, 11) is 0. The molecule has 0 aliphatic heterocycles. The number of hydrogen-bond donors (Lipinski definition) is 1. The van der Waals surface area contributed by atoms with Crippen molar-refractivity contribution in [2.45, 2.75) is 39.5 Å². The van der Waals surface area contributed by atoms with Gasteiger partial charge in [0.15, 0.2) is 0 Å². The van der Waals surface area contributed by atoms with Gasteiger partial charge in [-0.15, -0.1) is 11.3 Å². The number of benzene rings is 4. The van der Waals surface area contributed by atoms with Crippen LogP contribution in [0, 0.1) is 0 Å². The van der Waals surface area contributed by atoms with Crippen LogP contribution in [0.4, 0.5) is 11.4 Å². The van der Waals surface area contributed by atoms with Crippen LogP contribution in [0.2, 0.25) is 0 Å². The lowest BCUT2D eigenvalue weighted by Crippen LogP contribution is -1.95. The maximum Gasteiger partial charge on any atom is 0.119 e. The van der Waals surface area contributed by atoms with Gasteiger partial charge in [-0.05, 0) is 70.5 Å². The highest BCUT2D eigenvalue weighted by Crippen LogP contribution is 2.49.